The van der Waals surface area contributed by atoms with Crippen LogP contribution in [0.2, 0.25) is 0 Å². The molecule has 0 N–H and O–H groups in total. The van der Waals surface area contributed by atoms with Gasteiger partial charge >= 0.3 is 5.97 Å². The Bertz CT molecular complexity index is 578. The Kier molecular flexibility index (Phi) is 5.45. The van der Waals surface area contributed by atoms with Gasteiger partial charge in [-0.2, -0.15) is 0 Å². The molecule has 0 unspecified atom stereocenters. The Morgan fingerprint density at radius 3 is 2.92 bits per heavy atom. The lowest BCUT2D eigenvalue weighted by atomic mass is 9.98. The molecule has 0 saturated carbocycles. The minimum absolute atomic E-state index is 0.0107. The molecule has 1 aromatic heterocycles. The molecule has 2 atom stereocenters. The average molecular weight is 331 g/mol. The molecule has 2 aliphatic rings. The van der Waals surface area contributed by atoms with E-state index in [0.29, 0.717) is 30.6 Å². The monoisotopic (exact) mass is 331 g/mol. The van der Waals surface area contributed by atoms with Gasteiger partial charge in [-0.15, -0.1) is 0 Å². The zero-order valence-electron chi connectivity index (χ0n) is 14.2. The third kappa shape index (κ3) is 3.75. The second kappa shape index (κ2) is 7.75. The van der Waals surface area contributed by atoms with Crippen molar-refractivity contribution in [2.24, 2.45) is 5.92 Å². The van der Waals surface area contributed by atoms with Gasteiger partial charge in [-0.25, -0.2) is 0 Å². The van der Waals surface area contributed by atoms with Gasteiger partial charge in [-0.1, -0.05) is 12.5 Å². The van der Waals surface area contributed by atoms with Gasteiger partial charge in [-0.05, 0) is 37.4 Å². The van der Waals surface area contributed by atoms with E-state index in [-0.39, 0.29) is 11.9 Å². The van der Waals surface area contributed by atoms with Gasteiger partial charge in [0, 0.05) is 31.9 Å². The number of carbonyl (C=O) groups is 2. The number of ether oxygens (including phenoxy) is 1. The Hall–Kier alpha value is -1.95. The first kappa shape index (κ1) is 16.9. The second-order valence-electron chi connectivity index (χ2n) is 6.61. The van der Waals surface area contributed by atoms with E-state index in [0.717, 1.165) is 32.5 Å². The first-order valence-corrected chi connectivity index (χ1v) is 8.70. The van der Waals surface area contributed by atoms with Crippen molar-refractivity contribution < 1.29 is 14.3 Å². The zero-order chi connectivity index (χ0) is 16.9. The van der Waals surface area contributed by atoms with Crippen molar-refractivity contribution in [2.75, 3.05) is 33.3 Å². The average Bonchev–Trinajstić information content (AvgIpc) is 2.96. The van der Waals surface area contributed by atoms with E-state index in [1.54, 1.807) is 12.3 Å². The maximum Gasteiger partial charge on any atom is 0.306 e. The number of methoxy groups -OCH3 is 1. The summed E-state index contributed by atoms with van der Waals surface area (Å²) in [5.74, 6) is 0.324. The molecule has 3 heterocycles. The number of fused-ring (bicyclic) bond motifs is 1. The number of aromatic nitrogens is 1. The minimum Gasteiger partial charge on any atom is -0.469 e. The molecule has 3 rings (SSSR count). The van der Waals surface area contributed by atoms with Gasteiger partial charge < -0.3 is 9.64 Å². The molecule has 130 valence electrons. The lowest BCUT2D eigenvalue weighted by molar-refractivity contribution is -0.141. The largest absolute Gasteiger partial charge is 0.469 e. The van der Waals surface area contributed by atoms with Gasteiger partial charge in [0.15, 0.2) is 0 Å². The first-order valence-electron chi connectivity index (χ1n) is 8.70. The molecule has 1 aromatic rings. The Morgan fingerprint density at radius 2 is 2.17 bits per heavy atom. The fourth-order valence-corrected chi connectivity index (χ4v) is 3.87. The van der Waals surface area contributed by atoms with Crippen LogP contribution in [0.25, 0.3) is 0 Å². The van der Waals surface area contributed by atoms with Crippen molar-refractivity contribution in [1.82, 2.24) is 14.8 Å². The van der Waals surface area contributed by atoms with Crippen LogP contribution in [-0.2, 0) is 9.53 Å². The van der Waals surface area contributed by atoms with Crippen molar-refractivity contribution in [3.63, 3.8) is 0 Å². The van der Waals surface area contributed by atoms with Gasteiger partial charge in [0.1, 0.15) is 5.69 Å². The number of nitrogens with zero attached hydrogens (tertiary/aromatic N) is 3. The summed E-state index contributed by atoms with van der Waals surface area (Å²) in [6.07, 6.45) is 5.55. The number of hydrogen-bond donors (Lipinski definition) is 0. The molecular formula is C18H25N3O3. The Labute approximate surface area is 142 Å². The summed E-state index contributed by atoms with van der Waals surface area (Å²) in [4.78, 5) is 32.6. The summed E-state index contributed by atoms with van der Waals surface area (Å²) in [5, 5.41) is 0. The molecule has 6 heteroatoms. The van der Waals surface area contributed by atoms with Gasteiger partial charge in [0.25, 0.3) is 5.91 Å². The number of rotatable bonds is 4. The summed E-state index contributed by atoms with van der Waals surface area (Å²) < 4.78 is 4.76. The van der Waals surface area contributed by atoms with E-state index in [2.05, 4.69) is 9.88 Å². The maximum atomic E-state index is 12.7. The quantitative estimate of drug-likeness (QED) is 0.784. The molecule has 0 radical (unpaired) electrons. The molecule has 0 bridgehead atoms. The van der Waals surface area contributed by atoms with Crippen LogP contribution in [0.5, 0.6) is 0 Å². The van der Waals surface area contributed by atoms with Crippen molar-refractivity contribution in [3.8, 4) is 0 Å². The van der Waals surface area contributed by atoms with Crippen LogP contribution in [0.1, 0.15) is 36.2 Å². The van der Waals surface area contributed by atoms with Crippen molar-refractivity contribution >= 4 is 11.9 Å². The highest BCUT2D eigenvalue weighted by Gasteiger charge is 2.39. The predicted molar refractivity (Wildman–Crippen MR) is 89.5 cm³/mol. The van der Waals surface area contributed by atoms with Crippen LogP contribution in [0.4, 0.5) is 0 Å². The Balaban J connectivity index is 1.67. The van der Waals surface area contributed by atoms with E-state index in [1.807, 2.05) is 17.0 Å². The molecule has 24 heavy (non-hydrogen) atoms. The van der Waals surface area contributed by atoms with Gasteiger partial charge in [-0.3, -0.25) is 19.5 Å². The number of amides is 1. The van der Waals surface area contributed by atoms with Crippen LogP contribution in [-0.4, -0.2) is 66.0 Å². The fraction of sp³-hybridized carbons (Fsp3) is 0.611. The zero-order valence-corrected chi connectivity index (χ0v) is 14.2. The van der Waals surface area contributed by atoms with E-state index in [1.165, 1.54) is 13.5 Å². The summed E-state index contributed by atoms with van der Waals surface area (Å²) in [7, 11) is 1.43. The fourth-order valence-electron chi connectivity index (χ4n) is 3.87. The third-order valence-corrected chi connectivity index (χ3v) is 5.15. The number of hydrogen-bond acceptors (Lipinski definition) is 5. The summed E-state index contributed by atoms with van der Waals surface area (Å²) in [5.41, 5.74) is 0.509. The van der Waals surface area contributed by atoms with Crippen molar-refractivity contribution in [2.45, 2.75) is 31.7 Å². The number of pyridine rings is 1. The topological polar surface area (TPSA) is 62.7 Å². The van der Waals surface area contributed by atoms with Crippen LogP contribution in [0.15, 0.2) is 24.4 Å². The smallest absolute Gasteiger partial charge is 0.306 e. The summed E-state index contributed by atoms with van der Waals surface area (Å²) in [6.45, 7) is 3.21. The number of esters is 1. The van der Waals surface area contributed by atoms with Gasteiger partial charge in [0.2, 0.25) is 0 Å². The lowest BCUT2D eigenvalue weighted by Crippen LogP contribution is -2.42. The highest BCUT2D eigenvalue weighted by Crippen LogP contribution is 2.30. The Morgan fingerprint density at radius 1 is 1.29 bits per heavy atom. The summed E-state index contributed by atoms with van der Waals surface area (Å²) >= 11 is 0. The van der Waals surface area contributed by atoms with Crippen molar-refractivity contribution in [3.05, 3.63) is 30.1 Å². The normalized spacial score (nSPS) is 24.3. The van der Waals surface area contributed by atoms with E-state index in [4.69, 9.17) is 4.74 Å². The SMILES string of the molecule is COC(=O)CCN1CCCC[C@H]2CN(C(=O)c3ccccn3)C[C@H]21. The highest BCUT2D eigenvalue weighted by atomic mass is 16.5. The van der Waals surface area contributed by atoms with Gasteiger partial charge in [0.05, 0.1) is 13.5 Å². The van der Waals surface area contributed by atoms with Crippen LogP contribution >= 0.6 is 0 Å². The van der Waals surface area contributed by atoms with Crippen LogP contribution in [0, 0.1) is 5.92 Å². The molecule has 2 aliphatic heterocycles. The molecule has 1 amide bonds. The minimum atomic E-state index is -0.171. The molecular weight excluding hydrogens is 306 g/mol. The standard InChI is InChI=1S/C18H25N3O3/c1-24-17(22)8-11-20-10-5-3-6-14-12-21(13-16(14)20)18(23)15-7-2-4-9-19-15/h2,4,7,9,14,16H,3,5-6,8,10-13H2,1H3/t14-,16+/m0/s1. The molecule has 2 fully saturated rings. The first-order chi connectivity index (χ1) is 11.7. The third-order valence-electron chi connectivity index (χ3n) is 5.15. The predicted octanol–water partition coefficient (Wildman–Crippen LogP) is 1.57. The highest BCUT2D eigenvalue weighted by molar-refractivity contribution is 5.92. The number of carbonyl (C=O) groups excluding carboxylic acids is 2. The number of likely N-dealkylation sites (tertiary alicyclic amines) is 2. The van der Waals surface area contributed by atoms with E-state index < -0.39 is 0 Å². The molecule has 6 nitrogen and oxygen atoms in total. The van der Waals surface area contributed by atoms with E-state index >= 15 is 0 Å². The molecule has 2 saturated heterocycles. The molecule has 0 spiro atoms. The van der Waals surface area contributed by atoms with E-state index in [9.17, 15) is 9.59 Å². The summed E-state index contributed by atoms with van der Waals surface area (Å²) in [6, 6.07) is 5.77. The van der Waals surface area contributed by atoms with Crippen LogP contribution in [0.3, 0.4) is 0 Å². The maximum absolute atomic E-state index is 12.7. The molecule has 0 aromatic carbocycles. The van der Waals surface area contributed by atoms with Crippen LogP contribution < -0.4 is 0 Å². The second-order valence-corrected chi connectivity index (χ2v) is 6.61. The molecule has 0 aliphatic carbocycles. The van der Waals surface area contributed by atoms with Crippen molar-refractivity contribution in [1.29, 1.82) is 0 Å². The lowest BCUT2D eigenvalue weighted by Gasteiger charge is -2.29.